The van der Waals surface area contributed by atoms with E-state index in [0.29, 0.717) is 19.3 Å². The van der Waals surface area contributed by atoms with Gasteiger partial charge < -0.3 is 34.2 Å². The Morgan fingerprint density at radius 3 is 0.641 bits per heavy atom. The SMILES string of the molecule is CC/C=C\C/C=C\C/C=C\C/C=C\C/C=C\CCCCCCCCCCCCCCCCCCCC(=O)OCC(O)COP(=O)(O)OCC(O)COP(=O)(O)OCC(COC(=O)CCCCCCCCCCCCCCCCCCC/C=C\C/C=C\C/C=C\C/C=C\CCCCC)OC(=O)CCCCCCCCCCCCCCC/C=C\C/C=C\C/C=C\C/C=C\C/C=C\CC. The van der Waals surface area contributed by atoms with E-state index in [1.807, 2.05) is 0 Å². The lowest BCUT2D eigenvalue weighted by Gasteiger charge is -2.21. The Bertz CT molecular complexity index is 3060. The molecule has 0 amide bonds. The highest BCUT2D eigenvalue weighted by atomic mass is 31.2. The fraction of sp³-hybridized carbons (Fsp3) is 0.726. The van der Waals surface area contributed by atoms with Crippen LogP contribution in [0.1, 0.15) is 470 Å². The molecule has 0 aromatic heterocycles. The predicted octanol–water partition coefficient (Wildman–Crippen LogP) is 34.1. The lowest BCUT2D eigenvalue weighted by Crippen LogP contribution is -2.30. The summed E-state index contributed by atoms with van der Waals surface area (Å²) in [5.74, 6) is -1.55. The first-order chi connectivity index (χ1) is 64.2. The molecule has 0 aromatic rings. The number of hydrogen-bond donors (Lipinski definition) is 4. The molecule has 5 atom stereocenters. The van der Waals surface area contributed by atoms with E-state index in [-0.39, 0.29) is 19.3 Å². The number of rotatable bonds is 101. The Kier molecular flexibility index (Phi) is 99.8. The van der Waals surface area contributed by atoms with Crippen LogP contribution in [0.5, 0.6) is 0 Å². The lowest BCUT2D eigenvalue weighted by molar-refractivity contribution is -0.161. The number of phosphoric ester groups is 2. The summed E-state index contributed by atoms with van der Waals surface area (Å²) in [4.78, 5) is 59.3. The summed E-state index contributed by atoms with van der Waals surface area (Å²) in [6.07, 6.45) is 137. The number of phosphoric acid groups is 2. The van der Waals surface area contributed by atoms with Gasteiger partial charge in [0, 0.05) is 19.3 Å². The van der Waals surface area contributed by atoms with Gasteiger partial charge in [0.05, 0.1) is 26.4 Å². The molecule has 0 fully saturated rings. The van der Waals surface area contributed by atoms with Crippen LogP contribution in [-0.4, -0.2) is 95.9 Å². The van der Waals surface area contributed by atoms with Crippen LogP contribution in [0.15, 0.2) is 170 Å². The number of hydrogen-bond acceptors (Lipinski definition) is 14. The number of esters is 3. The first-order valence-electron chi connectivity index (χ1n) is 53.4. The summed E-state index contributed by atoms with van der Waals surface area (Å²) in [5.41, 5.74) is 0. The zero-order chi connectivity index (χ0) is 95.0. The van der Waals surface area contributed by atoms with Crippen molar-refractivity contribution in [2.45, 2.75) is 489 Å². The van der Waals surface area contributed by atoms with Gasteiger partial charge in [0.25, 0.3) is 0 Å². The van der Waals surface area contributed by atoms with E-state index in [0.717, 1.165) is 154 Å². The van der Waals surface area contributed by atoms with Gasteiger partial charge in [0.2, 0.25) is 0 Å². The maximum absolute atomic E-state index is 13.1. The second-order valence-electron chi connectivity index (χ2n) is 35.6. The smallest absolute Gasteiger partial charge is 0.463 e. The minimum Gasteiger partial charge on any atom is -0.463 e. The highest BCUT2D eigenvalue weighted by Gasteiger charge is 2.30. The summed E-state index contributed by atoms with van der Waals surface area (Å²) in [5, 5.41) is 20.8. The van der Waals surface area contributed by atoms with E-state index < -0.39 is 91.5 Å². The van der Waals surface area contributed by atoms with Gasteiger partial charge in [-0.3, -0.25) is 32.5 Å². The molecule has 0 spiro atoms. The van der Waals surface area contributed by atoms with Crippen LogP contribution in [0.25, 0.3) is 0 Å². The molecule has 18 heteroatoms. The number of carbonyl (C=O) groups is 3. The molecule has 0 aliphatic rings. The highest BCUT2D eigenvalue weighted by Crippen LogP contribution is 2.45. The fourth-order valence-electron chi connectivity index (χ4n) is 14.9. The first kappa shape index (κ1) is 126. The van der Waals surface area contributed by atoms with Crippen molar-refractivity contribution in [1.82, 2.24) is 0 Å². The van der Waals surface area contributed by atoms with E-state index in [1.54, 1.807) is 0 Å². The van der Waals surface area contributed by atoms with E-state index in [1.165, 1.54) is 257 Å². The second kappa shape index (κ2) is 104. The lowest BCUT2D eigenvalue weighted by atomic mass is 10.0. The zero-order valence-corrected chi connectivity index (χ0v) is 85.5. The summed E-state index contributed by atoms with van der Waals surface area (Å²) < 4.78 is 61.8. The van der Waals surface area contributed by atoms with Gasteiger partial charge in [-0.25, -0.2) is 9.13 Å². The van der Waals surface area contributed by atoms with Crippen molar-refractivity contribution in [2.24, 2.45) is 0 Å². The topological polar surface area (TPSA) is 231 Å². The number of aliphatic hydroxyl groups is 2. The molecule has 0 bridgehead atoms. The molecule has 0 radical (unpaired) electrons. The van der Waals surface area contributed by atoms with Gasteiger partial charge >= 0.3 is 33.6 Å². The molecule has 0 saturated heterocycles. The van der Waals surface area contributed by atoms with Gasteiger partial charge in [-0.2, -0.15) is 0 Å². The first-order valence-corrected chi connectivity index (χ1v) is 56.4. The van der Waals surface area contributed by atoms with Crippen LogP contribution in [0, 0.1) is 0 Å². The average Bonchev–Trinajstić information content (AvgIpc) is 0.899. The maximum Gasteiger partial charge on any atom is 0.472 e. The standard InChI is InChI=1S/C113H196O16P2/c1-4-7-10-13-16-19-22-25-28-31-34-37-40-43-46-49-51-53-55-58-60-63-66-69-72-75-78-81-84-87-90-93-96-99-111(116)123-102-108(114)103-125-130(119,120)126-104-109(115)105-127-131(121,122)128-107-110(129-113(118)101-98-95-92-89-86-83-80-77-74-71-68-65-62-57-48-45-42-39-36-33-30-27-24-21-18-15-12-9-6-3)106-124-112(117)100-97-94-91-88-85-82-79-76-73-70-67-64-61-59-56-54-52-50-47-44-41-38-35-32-29-26-23-20-17-14-11-8-5-2/h7,9-10,12,16-21,25-30,34-39,43-48,108-110,114-115H,4-6,8,11,13-15,22-24,31-33,40-42,49-107H2,1-3H3,(H,119,120)(H,121,122)/b10-7-,12-9-,19-16-,20-17-,21-18-,28-25-,29-26-,30-27-,37-34-,38-35-,39-36-,46-43-,47-44-,48-45-. The number of aliphatic hydroxyl groups excluding tert-OH is 2. The van der Waals surface area contributed by atoms with Gasteiger partial charge in [-0.05, 0) is 154 Å². The zero-order valence-electron chi connectivity index (χ0n) is 83.7. The molecule has 0 aliphatic heterocycles. The maximum atomic E-state index is 13.1. The Balaban J connectivity index is 4.60. The second-order valence-corrected chi connectivity index (χ2v) is 38.6. The third-order valence-corrected chi connectivity index (χ3v) is 24.8. The Hall–Kier alpha value is -5.09. The molecule has 0 aliphatic carbocycles. The monoisotopic (exact) mass is 1870 g/mol. The van der Waals surface area contributed by atoms with E-state index in [9.17, 15) is 43.5 Å². The molecular formula is C113H196O16P2. The quantitative estimate of drug-likeness (QED) is 0.0146. The van der Waals surface area contributed by atoms with E-state index in [4.69, 9.17) is 32.3 Å². The van der Waals surface area contributed by atoms with Crippen LogP contribution in [0.4, 0.5) is 0 Å². The van der Waals surface area contributed by atoms with Gasteiger partial charge in [0.15, 0.2) is 6.10 Å². The minimum absolute atomic E-state index is 0.101. The summed E-state index contributed by atoms with van der Waals surface area (Å²) in [6.45, 7) is 2.52. The van der Waals surface area contributed by atoms with Crippen molar-refractivity contribution >= 4 is 33.6 Å². The molecule has 131 heavy (non-hydrogen) atoms. The van der Waals surface area contributed by atoms with Crippen LogP contribution in [0.3, 0.4) is 0 Å². The van der Waals surface area contributed by atoms with Crippen LogP contribution in [-0.2, 0) is 55.8 Å². The third-order valence-electron chi connectivity index (χ3n) is 22.9. The van der Waals surface area contributed by atoms with Crippen LogP contribution >= 0.6 is 15.6 Å². The Morgan fingerprint density at radius 2 is 0.405 bits per heavy atom. The molecule has 754 valence electrons. The number of ether oxygens (including phenoxy) is 3. The van der Waals surface area contributed by atoms with Crippen molar-refractivity contribution in [3.05, 3.63) is 170 Å². The number of allylic oxidation sites excluding steroid dienone is 28. The van der Waals surface area contributed by atoms with Gasteiger partial charge in [0.1, 0.15) is 25.4 Å². The van der Waals surface area contributed by atoms with Crippen molar-refractivity contribution < 1.29 is 75.8 Å². The summed E-state index contributed by atoms with van der Waals surface area (Å²) in [7, 11) is -9.82. The van der Waals surface area contributed by atoms with Crippen molar-refractivity contribution in [1.29, 1.82) is 0 Å². The third kappa shape index (κ3) is 105. The molecule has 0 aromatic carbocycles. The summed E-state index contributed by atoms with van der Waals surface area (Å²) in [6, 6.07) is 0. The summed E-state index contributed by atoms with van der Waals surface area (Å²) >= 11 is 0. The van der Waals surface area contributed by atoms with Crippen LogP contribution < -0.4 is 0 Å². The van der Waals surface area contributed by atoms with Gasteiger partial charge in [-0.15, -0.1) is 0 Å². The normalized spacial score (nSPS) is 14.3. The van der Waals surface area contributed by atoms with Crippen molar-refractivity contribution in [3.8, 4) is 0 Å². The molecule has 16 nitrogen and oxygen atoms in total. The Morgan fingerprint density at radius 1 is 0.221 bits per heavy atom. The average molecular weight is 1870 g/mol. The van der Waals surface area contributed by atoms with E-state index >= 15 is 0 Å². The fourth-order valence-corrected chi connectivity index (χ4v) is 16.5. The molecule has 0 heterocycles. The highest BCUT2D eigenvalue weighted by molar-refractivity contribution is 7.47. The molecule has 0 saturated carbocycles. The van der Waals surface area contributed by atoms with Crippen molar-refractivity contribution in [2.75, 3.05) is 39.6 Å². The van der Waals surface area contributed by atoms with Crippen LogP contribution in [0.2, 0.25) is 0 Å². The molecule has 5 unspecified atom stereocenters. The minimum atomic E-state index is -4.95. The van der Waals surface area contributed by atoms with Gasteiger partial charge in [-0.1, -0.05) is 467 Å². The largest absolute Gasteiger partial charge is 0.472 e. The molecule has 4 N–H and O–H groups in total. The number of unbranched alkanes of at least 4 members (excludes halogenated alkanes) is 50. The predicted molar refractivity (Wildman–Crippen MR) is 555 cm³/mol. The Labute approximate surface area is 803 Å². The number of carbonyl (C=O) groups excluding carboxylic acids is 3. The van der Waals surface area contributed by atoms with E-state index in [2.05, 4.69) is 191 Å². The molecular weight excluding hydrogens is 1680 g/mol. The molecule has 0 rings (SSSR count). The van der Waals surface area contributed by atoms with Crippen molar-refractivity contribution in [3.63, 3.8) is 0 Å².